The maximum atomic E-state index is 12.1. The predicted octanol–water partition coefficient (Wildman–Crippen LogP) is 1.47. The highest BCUT2D eigenvalue weighted by molar-refractivity contribution is 5.92. The fourth-order valence-corrected chi connectivity index (χ4v) is 2.27. The number of benzene rings is 1. The quantitative estimate of drug-likeness (QED) is 0.863. The number of amides is 1. The summed E-state index contributed by atoms with van der Waals surface area (Å²) in [7, 11) is 0. The van der Waals surface area contributed by atoms with E-state index < -0.39 is 0 Å². The molecule has 0 bridgehead atoms. The van der Waals surface area contributed by atoms with Gasteiger partial charge in [0.05, 0.1) is 0 Å². The molecule has 1 aliphatic heterocycles. The lowest BCUT2D eigenvalue weighted by Crippen LogP contribution is -2.46. The molecule has 0 saturated carbocycles. The number of anilines is 1. The Morgan fingerprint density at radius 3 is 2.58 bits per heavy atom. The number of aryl methyl sites for hydroxylation is 1. The number of rotatable bonds is 4. The van der Waals surface area contributed by atoms with Crippen LogP contribution >= 0.6 is 0 Å². The molecule has 0 spiro atoms. The molecule has 4 heteroatoms. The van der Waals surface area contributed by atoms with Crippen LogP contribution in [0.25, 0.3) is 0 Å². The van der Waals surface area contributed by atoms with Gasteiger partial charge in [-0.1, -0.05) is 24.6 Å². The topological polar surface area (TPSA) is 44.4 Å². The third-order valence-corrected chi connectivity index (χ3v) is 3.51. The standard InChI is InChI=1S/C15H23N3O/c1-12-3-5-14(6-4-12)17-15(19)13(2)11-18-9-7-16-8-10-18/h3-6,13,16H,7-11H2,1-2H3,(H,17,19). The normalized spacial score (nSPS) is 18.0. The first-order chi connectivity index (χ1) is 9.15. The van der Waals surface area contributed by atoms with E-state index in [0.717, 1.165) is 38.4 Å². The maximum absolute atomic E-state index is 12.1. The first-order valence-electron chi connectivity index (χ1n) is 6.96. The van der Waals surface area contributed by atoms with Crippen molar-refractivity contribution in [2.45, 2.75) is 13.8 Å². The highest BCUT2D eigenvalue weighted by Crippen LogP contribution is 2.11. The molecule has 1 unspecified atom stereocenters. The van der Waals surface area contributed by atoms with Crippen LogP contribution in [0.5, 0.6) is 0 Å². The Morgan fingerprint density at radius 1 is 1.32 bits per heavy atom. The second-order valence-electron chi connectivity index (χ2n) is 5.31. The average molecular weight is 261 g/mol. The first-order valence-corrected chi connectivity index (χ1v) is 6.96. The zero-order valence-corrected chi connectivity index (χ0v) is 11.8. The number of hydrogen-bond acceptors (Lipinski definition) is 3. The molecular formula is C15H23N3O. The van der Waals surface area contributed by atoms with Crippen molar-refractivity contribution in [3.8, 4) is 0 Å². The molecule has 1 fully saturated rings. The summed E-state index contributed by atoms with van der Waals surface area (Å²) in [5.41, 5.74) is 2.08. The zero-order chi connectivity index (χ0) is 13.7. The summed E-state index contributed by atoms with van der Waals surface area (Å²) >= 11 is 0. The molecule has 1 atom stereocenters. The van der Waals surface area contributed by atoms with E-state index in [9.17, 15) is 4.79 Å². The summed E-state index contributed by atoms with van der Waals surface area (Å²) in [6.07, 6.45) is 0. The monoisotopic (exact) mass is 261 g/mol. The Balaban J connectivity index is 1.83. The molecule has 1 saturated heterocycles. The zero-order valence-electron chi connectivity index (χ0n) is 11.8. The van der Waals surface area contributed by atoms with Gasteiger partial charge in [-0.25, -0.2) is 0 Å². The average Bonchev–Trinajstić information content (AvgIpc) is 2.42. The first kappa shape index (κ1) is 14.0. The fourth-order valence-electron chi connectivity index (χ4n) is 2.27. The lowest BCUT2D eigenvalue weighted by atomic mass is 10.1. The number of carbonyl (C=O) groups is 1. The van der Waals surface area contributed by atoms with Crippen molar-refractivity contribution in [1.82, 2.24) is 10.2 Å². The van der Waals surface area contributed by atoms with Gasteiger partial charge in [0.2, 0.25) is 5.91 Å². The molecule has 19 heavy (non-hydrogen) atoms. The molecule has 0 aliphatic carbocycles. The van der Waals surface area contributed by atoms with Gasteiger partial charge < -0.3 is 15.5 Å². The minimum atomic E-state index is 0.0133. The van der Waals surface area contributed by atoms with E-state index in [1.807, 2.05) is 38.1 Å². The third kappa shape index (κ3) is 4.33. The summed E-state index contributed by atoms with van der Waals surface area (Å²) in [6, 6.07) is 7.92. The van der Waals surface area contributed by atoms with E-state index in [2.05, 4.69) is 15.5 Å². The molecule has 2 N–H and O–H groups in total. The predicted molar refractivity (Wildman–Crippen MR) is 78.3 cm³/mol. The van der Waals surface area contributed by atoms with Crippen LogP contribution in [0.4, 0.5) is 5.69 Å². The molecule has 0 radical (unpaired) electrons. The van der Waals surface area contributed by atoms with Crippen molar-refractivity contribution in [3.05, 3.63) is 29.8 Å². The fraction of sp³-hybridized carbons (Fsp3) is 0.533. The Hall–Kier alpha value is -1.39. The van der Waals surface area contributed by atoms with Crippen LogP contribution in [0.1, 0.15) is 12.5 Å². The second kappa shape index (κ2) is 6.68. The van der Waals surface area contributed by atoms with Crippen LogP contribution in [0.2, 0.25) is 0 Å². The van der Waals surface area contributed by atoms with Crippen LogP contribution in [-0.2, 0) is 4.79 Å². The Labute approximate surface area is 115 Å². The number of carbonyl (C=O) groups excluding carboxylic acids is 1. The number of nitrogens with one attached hydrogen (secondary N) is 2. The Kier molecular flexibility index (Phi) is 4.93. The van der Waals surface area contributed by atoms with E-state index >= 15 is 0 Å². The van der Waals surface area contributed by atoms with Crippen LogP contribution in [-0.4, -0.2) is 43.5 Å². The summed E-state index contributed by atoms with van der Waals surface area (Å²) in [5, 5.41) is 6.30. The van der Waals surface area contributed by atoms with Crippen LogP contribution in [0.3, 0.4) is 0 Å². The third-order valence-electron chi connectivity index (χ3n) is 3.51. The van der Waals surface area contributed by atoms with Crippen LogP contribution in [0, 0.1) is 12.8 Å². The highest BCUT2D eigenvalue weighted by Gasteiger charge is 2.18. The highest BCUT2D eigenvalue weighted by atomic mass is 16.1. The smallest absolute Gasteiger partial charge is 0.228 e. The lowest BCUT2D eigenvalue weighted by molar-refractivity contribution is -0.120. The molecule has 4 nitrogen and oxygen atoms in total. The van der Waals surface area contributed by atoms with Gasteiger partial charge in [0.15, 0.2) is 0 Å². The molecule has 1 heterocycles. The largest absolute Gasteiger partial charge is 0.326 e. The molecule has 1 aromatic rings. The van der Waals surface area contributed by atoms with Gasteiger partial charge in [-0.05, 0) is 19.1 Å². The van der Waals surface area contributed by atoms with E-state index in [4.69, 9.17) is 0 Å². The number of hydrogen-bond donors (Lipinski definition) is 2. The summed E-state index contributed by atoms with van der Waals surface area (Å²) in [6.45, 7) is 8.96. The molecule has 1 aliphatic rings. The Bertz CT molecular complexity index is 410. The van der Waals surface area contributed by atoms with Crippen molar-refractivity contribution in [2.75, 3.05) is 38.0 Å². The van der Waals surface area contributed by atoms with Crippen LogP contribution < -0.4 is 10.6 Å². The maximum Gasteiger partial charge on any atom is 0.228 e. The van der Waals surface area contributed by atoms with Gasteiger partial charge in [0.25, 0.3) is 0 Å². The lowest BCUT2D eigenvalue weighted by Gasteiger charge is -2.29. The molecule has 1 aromatic carbocycles. The molecule has 1 amide bonds. The van der Waals surface area contributed by atoms with Crippen molar-refractivity contribution < 1.29 is 4.79 Å². The van der Waals surface area contributed by atoms with Crippen molar-refractivity contribution >= 4 is 11.6 Å². The van der Waals surface area contributed by atoms with E-state index in [1.165, 1.54) is 5.56 Å². The molecule has 2 rings (SSSR count). The molecule has 0 aromatic heterocycles. The van der Waals surface area contributed by atoms with E-state index in [0.29, 0.717) is 0 Å². The van der Waals surface area contributed by atoms with Gasteiger partial charge in [-0.3, -0.25) is 4.79 Å². The van der Waals surface area contributed by atoms with Crippen molar-refractivity contribution in [1.29, 1.82) is 0 Å². The van der Waals surface area contributed by atoms with E-state index in [-0.39, 0.29) is 11.8 Å². The molecule has 104 valence electrons. The molecular weight excluding hydrogens is 238 g/mol. The summed E-state index contributed by atoms with van der Waals surface area (Å²) < 4.78 is 0. The van der Waals surface area contributed by atoms with Crippen LogP contribution in [0.15, 0.2) is 24.3 Å². The summed E-state index contributed by atoms with van der Waals surface area (Å²) in [5.74, 6) is 0.113. The second-order valence-corrected chi connectivity index (χ2v) is 5.31. The van der Waals surface area contributed by atoms with Crippen molar-refractivity contribution in [3.63, 3.8) is 0 Å². The SMILES string of the molecule is Cc1ccc(NC(=O)C(C)CN2CCNCC2)cc1. The van der Waals surface area contributed by atoms with Crippen molar-refractivity contribution in [2.24, 2.45) is 5.92 Å². The van der Waals surface area contributed by atoms with Gasteiger partial charge >= 0.3 is 0 Å². The van der Waals surface area contributed by atoms with Gasteiger partial charge in [0.1, 0.15) is 0 Å². The summed E-state index contributed by atoms with van der Waals surface area (Å²) in [4.78, 5) is 14.5. The van der Waals surface area contributed by atoms with Gasteiger partial charge in [0, 0.05) is 44.3 Å². The number of nitrogens with zero attached hydrogens (tertiary/aromatic N) is 1. The number of piperazine rings is 1. The minimum absolute atomic E-state index is 0.0133. The van der Waals surface area contributed by atoms with E-state index in [1.54, 1.807) is 0 Å². The minimum Gasteiger partial charge on any atom is -0.326 e. The van der Waals surface area contributed by atoms with Gasteiger partial charge in [-0.15, -0.1) is 0 Å². The Morgan fingerprint density at radius 2 is 1.95 bits per heavy atom. The van der Waals surface area contributed by atoms with Gasteiger partial charge in [-0.2, -0.15) is 0 Å².